The molecule has 2 heterocycles. The predicted molar refractivity (Wildman–Crippen MR) is 144 cm³/mol. The molecule has 0 atom stereocenters. The lowest BCUT2D eigenvalue weighted by Gasteiger charge is -2.16. The summed E-state index contributed by atoms with van der Waals surface area (Å²) < 4.78 is 53.8. The van der Waals surface area contributed by atoms with Crippen molar-refractivity contribution in [3.63, 3.8) is 0 Å². The maximum Gasteiger partial charge on any atom is 0.419 e. The molecule has 0 spiro atoms. The number of halogens is 2. The number of aromatic amines is 1. The number of hydrogen-bond donors (Lipinski definition) is 2. The van der Waals surface area contributed by atoms with Gasteiger partial charge in [-0.15, -0.1) is 0 Å². The second kappa shape index (κ2) is 10.7. The number of aryl methyl sites for hydroxylation is 1. The summed E-state index contributed by atoms with van der Waals surface area (Å²) in [7, 11) is -1.32. The molecule has 0 saturated heterocycles. The Bertz CT molecular complexity index is 2040. The Morgan fingerprint density at radius 2 is 1.93 bits per heavy atom. The van der Waals surface area contributed by atoms with E-state index in [4.69, 9.17) is 21.1 Å². The molecule has 0 aliphatic carbocycles. The molecule has 14 heteroatoms. The summed E-state index contributed by atoms with van der Waals surface area (Å²) in [4.78, 5) is 28.1. The molecule has 2 aromatic heterocycles. The molecule has 0 aliphatic heterocycles. The minimum absolute atomic E-state index is 0.0953. The third kappa shape index (κ3) is 5.19. The number of methoxy groups -OCH3 is 1. The van der Waals surface area contributed by atoms with Crippen LogP contribution in [0.15, 0.2) is 70.0 Å². The molecule has 2 N–H and O–H groups in total. The Morgan fingerprint density at radius 1 is 1.12 bits per heavy atom. The van der Waals surface area contributed by atoms with Gasteiger partial charge in [0.2, 0.25) is 5.95 Å². The van der Waals surface area contributed by atoms with Crippen LogP contribution in [0.2, 0.25) is 5.02 Å². The quantitative estimate of drug-likeness (QED) is 0.271. The number of hydrogen-bond acceptors (Lipinski definition) is 8. The number of benzene rings is 3. The summed E-state index contributed by atoms with van der Waals surface area (Å²) in [5.74, 6) is -0.518. The summed E-state index contributed by atoms with van der Waals surface area (Å²) >= 11 is 6.12. The van der Waals surface area contributed by atoms with Crippen molar-refractivity contribution in [2.45, 2.75) is 6.92 Å². The molecule has 5 rings (SSSR count). The van der Waals surface area contributed by atoms with E-state index < -0.39 is 32.6 Å². The molecule has 204 valence electrons. The molecule has 0 unspecified atom stereocenters. The summed E-state index contributed by atoms with van der Waals surface area (Å²) in [5, 5.41) is 5.36. The van der Waals surface area contributed by atoms with E-state index in [0.717, 1.165) is 5.56 Å². The molecule has 3 aromatic carbocycles. The van der Waals surface area contributed by atoms with Gasteiger partial charge in [-0.05, 0) is 60.5 Å². The van der Waals surface area contributed by atoms with Crippen LogP contribution in [-0.4, -0.2) is 36.3 Å². The number of carbonyl (C=O) groups is 1. The van der Waals surface area contributed by atoms with Gasteiger partial charge in [0.05, 0.1) is 18.3 Å². The van der Waals surface area contributed by atoms with Crippen molar-refractivity contribution in [1.29, 1.82) is 0 Å². The third-order valence-electron chi connectivity index (χ3n) is 5.86. The Morgan fingerprint density at radius 3 is 2.62 bits per heavy atom. The lowest BCUT2D eigenvalue weighted by Crippen LogP contribution is -2.19. The van der Waals surface area contributed by atoms with E-state index in [9.17, 15) is 18.0 Å². The molecular formula is C26H18ClFN4O7S. The van der Waals surface area contributed by atoms with Crippen molar-refractivity contribution in [2.24, 2.45) is 0 Å². The lowest BCUT2D eigenvalue weighted by atomic mass is 10.0. The SMILES string of the molecule is COc1cc(-c2ccc(Cl)c(C)c2)c(F)cc1-n1c(=O)ccc2cc(OC(=O)Nc3nc(=S(=O)=O)o[nH]3)ccc21. The van der Waals surface area contributed by atoms with E-state index in [2.05, 4.69) is 20.0 Å². The van der Waals surface area contributed by atoms with Crippen LogP contribution in [-0.2, 0) is 10.3 Å². The Kier molecular flexibility index (Phi) is 7.15. The van der Waals surface area contributed by atoms with E-state index >= 15 is 4.39 Å². The zero-order chi connectivity index (χ0) is 28.6. The highest BCUT2D eigenvalue weighted by atomic mass is 35.5. The first-order chi connectivity index (χ1) is 19.1. The normalized spacial score (nSPS) is 10.9. The van der Waals surface area contributed by atoms with Crippen LogP contribution in [0, 0.1) is 17.6 Å². The molecule has 0 fully saturated rings. The summed E-state index contributed by atoms with van der Waals surface area (Å²) in [5.41, 5.74) is 1.76. The van der Waals surface area contributed by atoms with Crippen LogP contribution in [0.5, 0.6) is 11.5 Å². The first-order valence-corrected chi connectivity index (χ1v) is 12.9. The number of carbonyl (C=O) groups excluding carboxylic acids is 1. The molecule has 40 heavy (non-hydrogen) atoms. The first-order valence-electron chi connectivity index (χ1n) is 11.4. The maximum absolute atomic E-state index is 15.4. The second-order valence-corrected chi connectivity index (χ2v) is 9.60. The van der Waals surface area contributed by atoms with Crippen molar-refractivity contribution >= 4 is 44.8 Å². The Balaban J connectivity index is 1.51. The molecule has 5 aromatic rings. The number of rotatable bonds is 5. The zero-order valence-corrected chi connectivity index (χ0v) is 22.3. The lowest BCUT2D eigenvalue weighted by molar-refractivity contribution is 0.215. The van der Waals surface area contributed by atoms with Gasteiger partial charge < -0.3 is 14.0 Å². The van der Waals surface area contributed by atoms with Gasteiger partial charge in [-0.3, -0.25) is 14.7 Å². The van der Waals surface area contributed by atoms with E-state index in [1.807, 2.05) is 6.92 Å². The number of pyridine rings is 1. The van der Waals surface area contributed by atoms with Crippen molar-refractivity contribution in [2.75, 3.05) is 12.4 Å². The van der Waals surface area contributed by atoms with Crippen LogP contribution in [0.1, 0.15) is 5.56 Å². The van der Waals surface area contributed by atoms with Gasteiger partial charge in [0.15, 0.2) is 0 Å². The van der Waals surface area contributed by atoms with Crippen LogP contribution in [0.3, 0.4) is 0 Å². The number of nitrogens with zero attached hydrogens (tertiary/aromatic N) is 2. The Hall–Kier alpha value is -4.88. The van der Waals surface area contributed by atoms with Gasteiger partial charge in [0, 0.05) is 28.1 Å². The van der Waals surface area contributed by atoms with E-state index in [-0.39, 0.29) is 28.7 Å². The minimum atomic E-state index is -2.73. The van der Waals surface area contributed by atoms with E-state index in [0.29, 0.717) is 21.5 Å². The maximum atomic E-state index is 15.4. The highest BCUT2D eigenvalue weighted by molar-refractivity contribution is 7.63. The van der Waals surface area contributed by atoms with Crippen LogP contribution >= 0.6 is 11.6 Å². The number of anilines is 1. The van der Waals surface area contributed by atoms with E-state index in [1.165, 1.54) is 54.1 Å². The fraction of sp³-hybridized carbons (Fsp3) is 0.0769. The summed E-state index contributed by atoms with van der Waals surface area (Å²) in [6.45, 7) is 1.81. The second-order valence-electron chi connectivity index (χ2n) is 8.38. The number of fused-ring (bicyclic) bond motifs is 1. The first kappa shape index (κ1) is 26.7. The zero-order valence-electron chi connectivity index (χ0n) is 20.7. The fourth-order valence-electron chi connectivity index (χ4n) is 4.03. The third-order valence-corrected chi connectivity index (χ3v) is 6.74. The highest BCUT2D eigenvalue weighted by Gasteiger charge is 2.18. The molecule has 0 aliphatic rings. The predicted octanol–water partition coefficient (Wildman–Crippen LogP) is 5.11. The van der Waals surface area contributed by atoms with Crippen molar-refractivity contribution in [1.82, 2.24) is 14.7 Å². The van der Waals surface area contributed by atoms with Gasteiger partial charge in [-0.1, -0.05) is 17.7 Å². The van der Waals surface area contributed by atoms with Crippen molar-refractivity contribution < 1.29 is 31.6 Å². The molecule has 11 nitrogen and oxygen atoms in total. The number of nitrogens with one attached hydrogen (secondary N) is 2. The number of amides is 1. The van der Waals surface area contributed by atoms with Gasteiger partial charge in [0.1, 0.15) is 17.3 Å². The smallest absolute Gasteiger partial charge is 0.419 e. The van der Waals surface area contributed by atoms with Gasteiger partial charge >= 0.3 is 10.9 Å². The monoisotopic (exact) mass is 584 g/mol. The van der Waals surface area contributed by atoms with Crippen LogP contribution in [0.25, 0.3) is 27.7 Å². The minimum Gasteiger partial charge on any atom is -0.495 e. The number of ether oxygens (including phenoxy) is 2. The van der Waals surface area contributed by atoms with Gasteiger partial charge in [-0.25, -0.2) is 9.18 Å². The average molecular weight is 585 g/mol. The van der Waals surface area contributed by atoms with Crippen molar-refractivity contribution in [3.8, 4) is 28.3 Å². The highest BCUT2D eigenvalue weighted by Crippen LogP contribution is 2.35. The van der Waals surface area contributed by atoms with E-state index in [1.54, 1.807) is 18.2 Å². The molecule has 0 radical (unpaired) electrons. The topological polar surface area (TPSA) is 146 Å². The number of aromatic nitrogens is 3. The van der Waals surface area contributed by atoms with Crippen LogP contribution in [0.4, 0.5) is 15.1 Å². The van der Waals surface area contributed by atoms with Crippen LogP contribution < -0.4 is 20.3 Å². The van der Waals surface area contributed by atoms with Crippen molar-refractivity contribution in [3.05, 3.63) is 92.3 Å². The van der Waals surface area contributed by atoms with Gasteiger partial charge in [-0.2, -0.15) is 18.6 Å². The fourth-order valence-corrected chi connectivity index (χ4v) is 4.43. The summed E-state index contributed by atoms with van der Waals surface area (Å²) in [6.07, 6.45) is -0.989. The average Bonchev–Trinajstić information content (AvgIpc) is 3.39. The Labute approximate surface area is 230 Å². The number of H-pyrrole nitrogens is 1. The van der Waals surface area contributed by atoms with Gasteiger partial charge in [0.25, 0.3) is 15.9 Å². The standard InChI is InChI=1S/C26H18ClFN4O7S/c1-13-9-14(3-6-18(13)27)17-11-22(37-2)21(12-19(17)28)32-20-7-5-16(10-15(20)4-8-23(32)33)38-25(34)29-24-30-26(39-31-24)40(35)36/h3-12H,1-2H3,(H2,29,30,31,34). The summed E-state index contributed by atoms with van der Waals surface area (Å²) in [6, 6.07) is 15.1. The molecule has 1 amide bonds. The molecule has 0 bridgehead atoms. The molecule has 0 saturated carbocycles. The molecular weight excluding hydrogens is 567 g/mol. The largest absolute Gasteiger partial charge is 0.495 e.